The number of nitrogens with two attached hydrogens (primary N) is 1. The number of amides is 1. The molecule has 0 radical (unpaired) electrons. The summed E-state index contributed by atoms with van der Waals surface area (Å²) in [6.07, 6.45) is 2.16. The number of phenolic OH excluding ortho intramolecular Hbond substituents is 1. The third-order valence-corrected chi connectivity index (χ3v) is 3.16. The zero-order valence-corrected chi connectivity index (χ0v) is 11.8. The lowest BCUT2D eigenvalue weighted by Crippen LogP contribution is -2.35. The van der Waals surface area contributed by atoms with E-state index in [1.165, 1.54) is 0 Å². The van der Waals surface area contributed by atoms with E-state index in [2.05, 4.69) is 19.2 Å². The van der Waals surface area contributed by atoms with Gasteiger partial charge in [0.1, 0.15) is 5.75 Å². The molecule has 106 valence electrons. The second-order valence-corrected chi connectivity index (χ2v) is 5.64. The van der Waals surface area contributed by atoms with Gasteiger partial charge in [0.15, 0.2) is 0 Å². The first-order valence-electron chi connectivity index (χ1n) is 6.68. The normalized spacial score (nSPS) is 11.3. The van der Waals surface area contributed by atoms with E-state index in [1.54, 1.807) is 18.2 Å². The van der Waals surface area contributed by atoms with Gasteiger partial charge in [-0.15, -0.1) is 0 Å². The van der Waals surface area contributed by atoms with Crippen LogP contribution >= 0.6 is 0 Å². The number of aromatic hydroxyl groups is 1. The molecule has 0 spiro atoms. The maximum absolute atomic E-state index is 11.8. The molecule has 0 atom stereocenters. The minimum absolute atomic E-state index is 0.0494. The number of hydrogen-bond donors (Lipinski definition) is 3. The Hall–Kier alpha value is -1.55. The van der Waals surface area contributed by atoms with Crippen molar-refractivity contribution >= 4 is 5.91 Å². The van der Waals surface area contributed by atoms with Crippen molar-refractivity contribution in [2.45, 2.75) is 33.1 Å². The number of nitrogens with one attached hydrogen (secondary N) is 1. The Morgan fingerprint density at radius 1 is 1.37 bits per heavy atom. The smallest absolute Gasteiger partial charge is 0.224 e. The summed E-state index contributed by atoms with van der Waals surface area (Å²) in [5, 5.41) is 12.5. The first kappa shape index (κ1) is 15.5. The quantitative estimate of drug-likeness (QED) is 0.703. The number of benzene rings is 1. The molecule has 0 bridgehead atoms. The summed E-state index contributed by atoms with van der Waals surface area (Å²) < 4.78 is 0. The van der Waals surface area contributed by atoms with Crippen LogP contribution in [0.4, 0.5) is 0 Å². The molecule has 0 aliphatic rings. The summed E-state index contributed by atoms with van der Waals surface area (Å²) >= 11 is 0. The molecule has 0 aromatic heterocycles. The Kier molecular flexibility index (Phi) is 5.83. The Morgan fingerprint density at radius 3 is 2.68 bits per heavy atom. The fraction of sp³-hybridized carbons (Fsp3) is 0.533. The largest absolute Gasteiger partial charge is 0.508 e. The lowest BCUT2D eigenvalue weighted by Gasteiger charge is -2.24. The van der Waals surface area contributed by atoms with Gasteiger partial charge in [-0.05, 0) is 30.9 Å². The topological polar surface area (TPSA) is 75.3 Å². The molecule has 1 amide bonds. The highest BCUT2D eigenvalue weighted by atomic mass is 16.3. The van der Waals surface area contributed by atoms with Gasteiger partial charge in [-0.1, -0.05) is 32.0 Å². The molecule has 19 heavy (non-hydrogen) atoms. The molecule has 1 rings (SSSR count). The van der Waals surface area contributed by atoms with Gasteiger partial charge in [0.25, 0.3) is 0 Å². The maximum Gasteiger partial charge on any atom is 0.224 e. The van der Waals surface area contributed by atoms with Crippen LogP contribution in [0.15, 0.2) is 24.3 Å². The summed E-state index contributed by atoms with van der Waals surface area (Å²) in [5.74, 6) is 0.0994. The van der Waals surface area contributed by atoms with Gasteiger partial charge < -0.3 is 16.2 Å². The molecule has 0 aliphatic carbocycles. The SMILES string of the molecule is CC(C)(CCCN)CNC(=O)Cc1ccccc1O. The van der Waals surface area contributed by atoms with Gasteiger partial charge in [-0.3, -0.25) is 4.79 Å². The van der Waals surface area contributed by atoms with Crippen molar-refractivity contribution in [1.29, 1.82) is 0 Å². The molecule has 0 aliphatic heterocycles. The van der Waals surface area contributed by atoms with Crippen molar-refractivity contribution in [2.24, 2.45) is 11.1 Å². The second-order valence-electron chi connectivity index (χ2n) is 5.64. The van der Waals surface area contributed by atoms with E-state index in [1.807, 2.05) is 6.07 Å². The molecule has 0 fully saturated rings. The number of para-hydroxylation sites is 1. The van der Waals surface area contributed by atoms with Crippen molar-refractivity contribution < 1.29 is 9.90 Å². The average molecular weight is 264 g/mol. The van der Waals surface area contributed by atoms with E-state index < -0.39 is 0 Å². The number of phenols is 1. The average Bonchev–Trinajstić information content (AvgIpc) is 2.37. The minimum atomic E-state index is -0.0673. The van der Waals surface area contributed by atoms with E-state index in [-0.39, 0.29) is 23.5 Å². The minimum Gasteiger partial charge on any atom is -0.508 e. The van der Waals surface area contributed by atoms with Crippen LogP contribution in [0, 0.1) is 5.41 Å². The summed E-state index contributed by atoms with van der Waals surface area (Å²) in [5.41, 5.74) is 6.20. The molecule has 0 saturated carbocycles. The summed E-state index contributed by atoms with van der Waals surface area (Å²) in [7, 11) is 0. The van der Waals surface area contributed by atoms with Crippen molar-refractivity contribution in [3.63, 3.8) is 0 Å². The number of rotatable bonds is 7. The lowest BCUT2D eigenvalue weighted by molar-refractivity contribution is -0.120. The molecule has 0 saturated heterocycles. The number of carbonyl (C=O) groups excluding carboxylic acids is 1. The summed E-state index contributed by atoms with van der Waals surface area (Å²) in [4.78, 5) is 11.8. The van der Waals surface area contributed by atoms with Gasteiger partial charge in [-0.2, -0.15) is 0 Å². The van der Waals surface area contributed by atoms with Crippen molar-refractivity contribution in [3.8, 4) is 5.75 Å². The lowest BCUT2D eigenvalue weighted by atomic mass is 9.87. The van der Waals surface area contributed by atoms with E-state index in [4.69, 9.17) is 5.73 Å². The summed E-state index contributed by atoms with van der Waals surface area (Å²) in [6, 6.07) is 6.91. The number of carbonyl (C=O) groups is 1. The third-order valence-electron chi connectivity index (χ3n) is 3.16. The van der Waals surface area contributed by atoms with Crippen molar-refractivity contribution in [2.75, 3.05) is 13.1 Å². The monoisotopic (exact) mass is 264 g/mol. The maximum atomic E-state index is 11.8. The van der Waals surface area contributed by atoms with Crippen molar-refractivity contribution in [1.82, 2.24) is 5.32 Å². The molecule has 0 heterocycles. The Morgan fingerprint density at radius 2 is 2.05 bits per heavy atom. The molecular weight excluding hydrogens is 240 g/mol. The number of hydrogen-bond acceptors (Lipinski definition) is 3. The molecule has 4 nitrogen and oxygen atoms in total. The van der Waals surface area contributed by atoms with Crippen LogP contribution in [0.25, 0.3) is 0 Å². The highest BCUT2D eigenvalue weighted by Gasteiger charge is 2.18. The predicted octanol–water partition coefficient (Wildman–Crippen LogP) is 1.82. The van der Waals surface area contributed by atoms with Crippen LogP contribution in [0.1, 0.15) is 32.3 Å². The van der Waals surface area contributed by atoms with Crippen LogP contribution in [0.5, 0.6) is 5.75 Å². The molecule has 4 heteroatoms. The van der Waals surface area contributed by atoms with E-state index in [0.29, 0.717) is 18.7 Å². The first-order chi connectivity index (χ1) is 8.94. The van der Waals surface area contributed by atoms with Crippen LogP contribution in [0.3, 0.4) is 0 Å². The van der Waals surface area contributed by atoms with Gasteiger partial charge >= 0.3 is 0 Å². The van der Waals surface area contributed by atoms with Crippen LogP contribution < -0.4 is 11.1 Å². The predicted molar refractivity (Wildman–Crippen MR) is 76.9 cm³/mol. The molecule has 1 aromatic rings. The van der Waals surface area contributed by atoms with Gasteiger partial charge in [0.05, 0.1) is 6.42 Å². The fourth-order valence-electron chi connectivity index (χ4n) is 1.90. The van der Waals surface area contributed by atoms with Crippen molar-refractivity contribution in [3.05, 3.63) is 29.8 Å². The Bertz CT molecular complexity index is 416. The second kappa shape index (κ2) is 7.14. The standard InChI is InChI=1S/C15H24N2O2/c1-15(2,8-5-9-16)11-17-14(19)10-12-6-3-4-7-13(12)18/h3-4,6-7,18H,5,8-11,16H2,1-2H3,(H,17,19). The molecule has 1 aromatic carbocycles. The zero-order valence-electron chi connectivity index (χ0n) is 11.8. The fourth-order valence-corrected chi connectivity index (χ4v) is 1.90. The van der Waals surface area contributed by atoms with Gasteiger partial charge in [-0.25, -0.2) is 0 Å². The van der Waals surface area contributed by atoms with Crippen LogP contribution in [0.2, 0.25) is 0 Å². The first-order valence-corrected chi connectivity index (χ1v) is 6.68. The highest BCUT2D eigenvalue weighted by Crippen LogP contribution is 2.21. The van der Waals surface area contributed by atoms with E-state index >= 15 is 0 Å². The Labute approximate surface area is 115 Å². The third kappa shape index (κ3) is 5.75. The van der Waals surface area contributed by atoms with Crippen LogP contribution in [-0.2, 0) is 11.2 Å². The summed E-state index contributed by atoms with van der Waals surface area (Å²) in [6.45, 7) is 5.53. The van der Waals surface area contributed by atoms with E-state index in [9.17, 15) is 9.90 Å². The molecule has 0 unspecified atom stereocenters. The highest BCUT2D eigenvalue weighted by molar-refractivity contribution is 5.79. The Balaban J connectivity index is 2.42. The van der Waals surface area contributed by atoms with Gasteiger partial charge in [0.2, 0.25) is 5.91 Å². The molecule has 4 N–H and O–H groups in total. The van der Waals surface area contributed by atoms with Gasteiger partial charge in [0, 0.05) is 12.1 Å². The van der Waals surface area contributed by atoms with E-state index in [0.717, 1.165) is 12.8 Å². The van der Waals surface area contributed by atoms with Crippen LogP contribution in [-0.4, -0.2) is 24.1 Å². The zero-order chi connectivity index (χ0) is 14.3. The molecular formula is C15H24N2O2.